The first-order chi connectivity index (χ1) is 9.43. The van der Waals surface area contributed by atoms with Crippen molar-refractivity contribution >= 4 is 5.57 Å². The SMILES string of the molecule is Fc1ccc(C2=CC3CCCC(C2)N3)cc1C(F)(F)F. The lowest BCUT2D eigenvalue weighted by Crippen LogP contribution is -2.44. The van der Waals surface area contributed by atoms with Crippen LogP contribution in [-0.4, -0.2) is 12.1 Å². The van der Waals surface area contributed by atoms with Crippen molar-refractivity contribution < 1.29 is 17.6 Å². The first-order valence-corrected chi connectivity index (χ1v) is 6.77. The third kappa shape index (κ3) is 2.59. The average molecular weight is 285 g/mol. The van der Waals surface area contributed by atoms with Gasteiger partial charge in [0, 0.05) is 12.1 Å². The first kappa shape index (κ1) is 13.6. The molecule has 1 N–H and O–H groups in total. The number of nitrogens with one attached hydrogen (secondary N) is 1. The molecule has 2 aliphatic rings. The van der Waals surface area contributed by atoms with Gasteiger partial charge in [-0.1, -0.05) is 18.6 Å². The third-order valence-electron chi connectivity index (χ3n) is 4.03. The summed E-state index contributed by atoms with van der Waals surface area (Å²) in [6, 6.07) is 3.85. The van der Waals surface area contributed by atoms with Crippen molar-refractivity contribution in [3.63, 3.8) is 0 Å². The van der Waals surface area contributed by atoms with Gasteiger partial charge in [0.2, 0.25) is 0 Å². The van der Waals surface area contributed by atoms with Gasteiger partial charge in [-0.15, -0.1) is 0 Å². The van der Waals surface area contributed by atoms with Crippen molar-refractivity contribution in [1.82, 2.24) is 5.32 Å². The van der Waals surface area contributed by atoms with Crippen LogP contribution in [0.2, 0.25) is 0 Å². The maximum absolute atomic E-state index is 13.3. The van der Waals surface area contributed by atoms with Gasteiger partial charge in [0.05, 0.1) is 5.56 Å². The second kappa shape index (κ2) is 4.88. The fourth-order valence-electron chi connectivity index (χ4n) is 3.08. The van der Waals surface area contributed by atoms with Gasteiger partial charge in [0.1, 0.15) is 5.82 Å². The summed E-state index contributed by atoms with van der Waals surface area (Å²) in [5.74, 6) is -1.21. The standard InChI is InChI=1S/C15H15F4N/c16-14-5-4-9(8-13(14)15(17,18)19)10-6-11-2-1-3-12(7-10)20-11/h4-6,8,11-12,20H,1-3,7H2. The Morgan fingerprint density at radius 3 is 2.65 bits per heavy atom. The molecule has 0 spiro atoms. The highest BCUT2D eigenvalue weighted by Crippen LogP contribution is 2.36. The molecule has 5 heteroatoms. The molecule has 1 fully saturated rings. The number of piperidine rings is 1. The number of benzene rings is 1. The summed E-state index contributed by atoms with van der Waals surface area (Å²) >= 11 is 0. The van der Waals surface area contributed by atoms with E-state index in [0.29, 0.717) is 18.0 Å². The molecule has 1 saturated heterocycles. The Bertz CT molecular complexity index is 547. The summed E-state index contributed by atoms with van der Waals surface area (Å²) in [7, 11) is 0. The van der Waals surface area contributed by atoms with E-state index in [1.165, 1.54) is 6.07 Å². The monoisotopic (exact) mass is 285 g/mol. The minimum atomic E-state index is -4.65. The van der Waals surface area contributed by atoms with E-state index in [-0.39, 0.29) is 6.04 Å². The van der Waals surface area contributed by atoms with Gasteiger partial charge in [0.25, 0.3) is 0 Å². The van der Waals surface area contributed by atoms with Crippen molar-refractivity contribution in [3.05, 3.63) is 41.2 Å². The molecule has 1 nitrogen and oxygen atoms in total. The summed E-state index contributed by atoms with van der Waals surface area (Å²) in [5, 5.41) is 3.44. The van der Waals surface area contributed by atoms with E-state index in [1.54, 1.807) is 0 Å². The summed E-state index contributed by atoms with van der Waals surface area (Å²) in [6.45, 7) is 0. The van der Waals surface area contributed by atoms with E-state index in [2.05, 4.69) is 5.32 Å². The Labute approximate surface area is 114 Å². The topological polar surface area (TPSA) is 12.0 Å². The summed E-state index contributed by atoms with van der Waals surface area (Å²) in [5.41, 5.74) is 0.195. The fourth-order valence-corrected chi connectivity index (χ4v) is 3.08. The summed E-state index contributed by atoms with van der Waals surface area (Å²) in [4.78, 5) is 0. The van der Waals surface area contributed by atoms with Crippen molar-refractivity contribution in [2.75, 3.05) is 0 Å². The second-order valence-corrected chi connectivity index (χ2v) is 5.49. The zero-order valence-corrected chi connectivity index (χ0v) is 10.8. The number of hydrogen-bond donors (Lipinski definition) is 1. The Morgan fingerprint density at radius 1 is 1.15 bits per heavy atom. The van der Waals surface area contributed by atoms with Crippen LogP contribution in [0, 0.1) is 5.82 Å². The second-order valence-electron chi connectivity index (χ2n) is 5.49. The lowest BCUT2D eigenvalue weighted by Gasteiger charge is -2.35. The van der Waals surface area contributed by atoms with Crippen LogP contribution in [0.15, 0.2) is 24.3 Å². The maximum atomic E-state index is 13.3. The molecule has 0 aliphatic carbocycles. The minimum absolute atomic E-state index is 0.233. The van der Waals surface area contributed by atoms with Gasteiger partial charge in [-0.25, -0.2) is 4.39 Å². The van der Waals surface area contributed by atoms with Crippen LogP contribution in [-0.2, 0) is 6.18 Å². The van der Waals surface area contributed by atoms with E-state index < -0.39 is 17.6 Å². The number of halogens is 4. The van der Waals surface area contributed by atoms with Gasteiger partial charge in [-0.2, -0.15) is 13.2 Å². The molecule has 0 radical (unpaired) electrons. The highest BCUT2D eigenvalue weighted by atomic mass is 19.4. The van der Waals surface area contributed by atoms with Crippen molar-refractivity contribution in [2.24, 2.45) is 0 Å². The highest BCUT2D eigenvalue weighted by molar-refractivity contribution is 5.68. The average Bonchev–Trinajstić information content (AvgIpc) is 2.37. The molecule has 3 rings (SSSR count). The molecule has 108 valence electrons. The molecule has 2 atom stereocenters. The quantitative estimate of drug-likeness (QED) is 0.765. The van der Waals surface area contributed by atoms with E-state index in [9.17, 15) is 17.6 Å². The molecule has 0 aromatic heterocycles. The lowest BCUT2D eigenvalue weighted by atomic mass is 9.84. The van der Waals surface area contributed by atoms with E-state index in [0.717, 1.165) is 37.0 Å². The van der Waals surface area contributed by atoms with E-state index >= 15 is 0 Å². The van der Waals surface area contributed by atoms with Crippen molar-refractivity contribution in [1.29, 1.82) is 0 Å². The van der Waals surface area contributed by atoms with Gasteiger partial charge in [-0.05, 0) is 42.5 Å². The summed E-state index contributed by atoms with van der Waals surface area (Å²) in [6.07, 6.45) is 1.24. The molecule has 0 saturated carbocycles. The minimum Gasteiger partial charge on any atom is -0.307 e. The number of fused-ring (bicyclic) bond motifs is 2. The van der Waals surface area contributed by atoms with Gasteiger partial charge >= 0.3 is 6.18 Å². The third-order valence-corrected chi connectivity index (χ3v) is 4.03. The molecule has 1 aromatic rings. The predicted octanol–water partition coefficient (Wildman–Crippen LogP) is 4.14. The van der Waals surface area contributed by atoms with Gasteiger partial charge in [-0.3, -0.25) is 0 Å². The fraction of sp³-hybridized carbons (Fsp3) is 0.467. The normalized spacial score (nSPS) is 26.3. The largest absolute Gasteiger partial charge is 0.419 e. The van der Waals surface area contributed by atoms with Gasteiger partial charge < -0.3 is 5.32 Å². The van der Waals surface area contributed by atoms with Crippen LogP contribution in [0.5, 0.6) is 0 Å². The predicted molar refractivity (Wildman–Crippen MR) is 68.6 cm³/mol. The summed E-state index contributed by atoms with van der Waals surface area (Å²) < 4.78 is 51.6. The number of rotatable bonds is 1. The van der Waals surface area contributed by atoms with Crippen LogP contribution < -0.4 is 5.32 Å². The lowest BCUT2D eigenvalue weighted by molar-refractivity contribution is -0.140. The smallest absolute Gasteiger partial charge is 0.307 e. The molecular weight excluding hydrogens is 270 g/mol. The van der Waals surface area contributed by atoms with Crippen molar-refractivity contribution in [3.8, 4) is 0 Å². The first-order valence-electron chi connectivity index (χ1n) is 6.77. The molecule has 2 heterocycles. The van der Waals surface area contributed by atoms with Gasteiger partial charge in [0.15, 0.2) is 0 Å². The van der Waals surface area contributed by atoms with Crippen LogP contribution in [0.25, 0.3) is 5.57 Å². The molecule has 20 heavy (non-hydrogen) atoms. The number of hydrogen-bond acceptors (Lipinski definition) is 1. The Balaban J connectivity index is 1.97. The van der Waals surface area contributed by atoms with E-state index in [1.807, 2.05) is 6.08 Å². The number of alkyl halides is 3. The molecular formula is C15H15F4N. The maximum Gasteiger partial charge on any atom is 0.419 e. The van der Waals surface area contributed by atoms with Crippen molar-refractivity contribution in [2.45, 2.75) is 43.9 Å². The van der Waals surface area contributed by atoms with Crippen LogP contribution in [0.1, 0.15) is 36.8 Å². The zero-order chi connectivity index (χ0) is 14.3. The molecule has 1 aromatic carbocycles. The highest BCUT2D eigenvalue weighted by Gasteiger charge is 2.35. The van der Waals surface area contributed by atoms with E-state index in [4.69, 9.17) is 0 Å². The van der Waals surface area contributed by atoms with Crippen LogP contribution in [0.4, 0.5) is 17.6 Å². The molecule has 2 unspecified atom stereocenters. The van der Waals surface area contributed by atoms with Crippen LogP contribution >= 0.6 is 0 Å². The Kier molecular flexibility index (Phi) is 3.32. The zero-order valence-electron chi connectivity index (χ0n) is 10.8. The Morgan fingerprint density at radius 2 is 1.95 bits per heavy atom. The van der Waals surface area contributed by atoms with Crippen LogP contribution in [0.3, 0.4) is 0 Å². The Hall–Kier alpha value is -1.36. The molecule has 0 amide bonds. The molecule has 2 bridgehead atoms. The molecule has 2 aliphatic heterocycles.